The average molecular weight is 619 g/mol. The minimum atomic E-state index is -0.387. The van der Waals surface area contributed by atoms with Crippen LogP contribution in [-0.2, 0) is 33.3 Å². The van der Waals surface area contributed by atoms with Gasteiger partial charge >= 0.3 is 11.9 Å². The van der Waals surface area contributed by atoms with E-state index >= 15 is 0 Å². The molecule has 45 heavy (non-hydrogen) atoms. The molecule has 0 N–H and O–H groups in total. The van der Waals surface area contributed by atoms with Gasteiger partial charge in [0.05, 0.1) is 65.7 Å². The highest BCUT2D eigenvalue weighted by molar-refractivity contribution is 5.88. The van der Waals surface area contributed by atoms with Crippen molar-refractivity contribution < 1.29 is 42.7 Å². The van der Waals surface area contributed by atoms with Gasteiger partial charge in [0.1, 0.15) is 24.7 Å². The number of hydrogen-bond donors (Lipinski definition) is 0. The molecule has 4 aromatic rings. The second-order valence-corrected chi connectivity index (χ2v) is 10.6. The topological polar surface area (TPSA) is 98.8 Å². The second kappa shape index (κ2) is 17.3. The molecule has 2 atom stereocenters. The maximum absolute atomic E-state index is 12.5. The van der Waals surface area contributed by atoms with E-state index in [4.69, 9.17) is 33.2 Å². The van der Waals surface area contributed by atoms with E-state index in [9.17, 15) is 9.59 Å². The maximum Gasteiger partial charge on any atom is 0.313 e. The fourth-order valence-electron chi connectivity index (χ4n) is 4.74. The van der Waals surface area contributed by atoms with Gasteiger partial charge in [-0.25, -0.2) is 0 Å². The van der Waals surface area contributed by atoms with Crippen LogP contribution in [0.3, 0.4) is 0 Å². The van der Waals surface area contributed by atoms with Crippen LogP contribution in [0, 0.1) is 0 Å². The predicted octanol–water partition coefficient (Wildman–Crippen LogP) is 6.05. The SMILES string of the molecule is COc1ccc2cc([C@H](C)C(=O)OCCOCCOCCOCCOC(=O)[C@@H](C)c3ccc4cc(OC)ccc4c3)ccc2c1. The van der Waals surface area contributed by atoms with Gasteiger partial charge in [0.25, 0.3) is 0 Å². The molecule has 0 aromatic heterocycles. The fraction of sp³-hybridized carbons (Fsp3) is 0.389. The molecule has 0 bridgehead atoms. The number of ether oxygens (including phenoxy) is 7. The number of esters is 2. The third-order valence-electron chi connectivity index (χ3n) is 7.54. The minimum absolute atomic E-state index is 0.171. The van der Waals surface area contributed by atoms with Gasteiger partial charge in [-0.1, -0.05) is 48.5 Å². The molecule has 0 saturated heterocycles. The van der Waals surface area contributed by atoms with Gasteiger partial charge in [-0.15, -0.1) is 0 Å². The summed E-state index contributed by atoms with van der Waals surface area (Å²) in [5.41, 5.74) is 1.79. The van der Waals surface area contributed by atoms with E-state index in [0.29, 0.717) is 26.4 Å². The Morgan fingerprint density at radius 1 is 0.489 bits per heavy atom. The lowest BCUT2D eigenvalue weighted by atomic mass is 9.98. The molecule has 0 amide bonds. The third-order valence-corrected chi connectivity index (χ3v) is 7.54. The number of fused-ring (bicyclic) bond motifs is 2. The molecule has 240 valence electrons. The largest absolute Gasteiger partial charge is 0.497 e. The highest BCUT2D eigenvalue weighted by Gasteiger charge is 2.18. The van der Waals surface area contributed by atoms with E-state index < -0.39 is 0 Å². The molecule has 4 rings (SSSR count). The van der Waals surface area contributed by atoms with Crippen molar-refractivity contribution in [2.24, 2.45) is 0 Å². The Balaban J connectivity index is 0.997. The van der Waals surface area contributed by atoms with Gasteiger partial charge in [-0.05, 0) is 70.8 Å². The highest BCUT2D eigenvalue weighted by Crippen LogP contribution is 2.27. The van der Waals surface area contributed by atoms with Crippen molar-refractivity contribution in [3.05, 3.63) is 83.9 Å². The summed E-state index contributed by atoms with van der Waals surface area (Å²) in [5.74, 6) is 0.222. The summed E-state index contributed by atoms with van der Waals surface area (Å²) in [4.78, 5) is 25.0. The fourth-order valence-corrected chi connectivity index (χ4v) is 4.74. The summed E-state index contributed by atoms with van der Waals surface area (Å²) in [6.07, 6.45) is 0. The Labute approximate surface area is 264 Å². The number of rotatable bonds is 18. The molecule has 0 heterocycles. The lowest BCUT2D eigenvalue weighted by Gasteiger charge is -2.13. The van der Waals surface area contributed by atoms with E-state index in [-0.39, 0.29) is 50.2 Å². The smallest absolute Gasteiger partial charge is 0.313 e. The zero-order chi connectivity index (χ0) is 32.0. The summed E-state index contributed by atoms with van der Waals surface area (Å²) in [7, 11) is 3.28. The molecule has 4 aromatic carbocycles. The molecule has 0 unspecified atom stereocenters. The summed E-state index contributed by atoms with van der Waals surface area (Å²) in [5, 5.41) is 4.17. The molecule has 0 saturated carbocycles. The molecule has 9 heteroatoms. The molecule has 0 spiro atoms. The lowest BCUT2D eigenvalue weighted by Crippen LogP contribution is -2.18. The van der Waals surface area contributed by atoms with Crippen LogP contribution >= 0.6 is 0 Å². The van der Waals surface area contributed by atoms with Crippen molar-refractivity contribution >= 4 is 33.5 Å². The first-order chi connectivity index (χ1) is 21.9. The summed E-state index contributed by atoms with van der Waals surface area (Å²) >= 11 is 0. The molecule has 9 nitrogen and oxygen atoms in total. The zero-order valence-electron chi connectivity index (χ0n) is 26.4. The van der Waals surface area contributed by atoms with Gasteiger partial charge in [-0.2, -0.15) is 0 Å². The number of carbonyl (C=O) groups excluding carboxylic acids is 2. The van der Waals surface area contributed by atoms with Crippen LogP contribution in [0.4, 0.5) is 0 Å². The van der Waals surface area contributed by atoms with Crippen molar-refractivity contribution in [3.63, 3.8) is 0 Å². The zero-order valence-corrected chi connectivity index (χ0v) is 26.4. The van der Waals surface area contributed by atoms with Crippen LogP contribution in [0.2, 0.25) is 0 Å². The quantitative estimate of drug-likeness (QED) is 0.0974. The molecule has 0 aliphatic rings. The van der Waals surface area contributed by atoms with Gasteiger partial charge < -0.3 is 33.2 Å². The third kappa shape index (κ3) is 9.91. The van der Waals surface area contributed by atoms with Crippen LogP contribution in [0.25, 0.3) is 21.5 Å². The highest BCUT2D eigenvalue weighted by atomic mass is 16.6. The maximum atomic E-state index is 12.5. The van der Waals surface area contributed by atoms with Crippen LogP contribution in [0.1, 0.15) is 36.8 Å². The Morgan fingerprint density at radius 2 is 0.822 bits per heavy atom. The van der Waals surface area contributed by atoms with Crippen LogP contribution < -0.4 is 9.47 Å². The Bertz CT molecular complexity index is 1440. The van der Waals surface area contributed by atoms with Crippen LogP contribution in [0.5, 0.6) is 11.5 Å². The molecule has 0 aliphatic heterocycles. The number of carbonyl (C=O) groups is 2. The molecular formula is C36H42O9. The molecular weight excluding hydrogens is 576 g/mol. The van der Waals surface area contributed by atoms with E-state index in [0.717, 1.165) is 44.2 Å². The summed E-state index contributed by atoms with van der Waals surface area (Å²) in [6, 6.07) is 23.5. The number of methoxy groups -OCH3 is 2. The molecule has 0 radical (unpaired) electrons. The van der Waals surface area contributed by atoms with Gasteiger partial charge in [0.15, 0.2) is 0 Å². The normalized spacial score (nSPS) is 12.5. The standard InChI is InChI=1S/C36H42O9/c1-25(27-5-7-31-23-33(39-3)11-9-29(31)21-27)35(37)44-19-17-42-15-13-41-14-16-43-18-20-45-36(38)26(2)28-6-8-32-24-34(40-4)12-10-30(32)22-28/h5-12,21-26H,13-20H2,1-4H3/t25-,26-/m0/s1. The Morgan fingerprint density at radius 3 is 1.20 bits per heavy atom. The van der Waals surface area contributed by atoms with E-state index in [1.807, 2.05) is 86.6 Å². The molecule has 0 fully saturated rings. The first-order valence-corrected chi connectivity index (χ1v) is 15.1. The van der Waals surface area contributed by atoms with Crippen molar-refractivity contribution in [2.75, 3.05) is 67.1 Å². The van der Waals surface area contributed by atoms with Crippen molar-refractivity contribution in [2.45, 2.75) is 25.7 Å². The first kappa shape index (κ1) is 33.7. The van der Waals surface area contributed by atoms with Gasteiger partial charge in [0.2, 0.25) is 0 Å². The van der Waals surface area contributed by atoms with Crippen LogP contribution in [-0.4, -0.2) is 79.0 Å². The van der Waals surface area contributed by atoms with Crippen molar-refractivity contribution in [3.8, 4) is 11.5 Å². The lowest BCUT2D eigenvalue weighted by molar-refractivity contribution is -0.147. The van der Waals surface area contributed by atoms with E-state index in [2.05, 4.69) is 0 Å². The van der Waals surface area contributed by atoms with Gasteiger partial charge in [-0.3, -0.25) is 9.59 Å². The average Bonchev–Trinajstić information content (AvgIpc) is 3.08. The van der Waals surface area contributed by atoms with Gasteiger partial charge in [0, 0.05) is 0 Å². The first-order valence-electron chi connectivity index (χ1n) is 15.1. The van der Waals surface area contributed by atoms with Crippen LogP contribution in [0.15, 0.2) is 72.8 Å². The van der Waals surface area contributed by atoms with E-state index in [1.54, 1.807) is 14.2 Å². The Kier molecular flexibility index (Phi) is 13.0. The predicted molar refractivity (Wildman–Crippen MR) is 172 cm³/mol. The summed E-state index contributed by atoms with van der Waals surface area (Å²) < 4.78 is 37.8. The summed E-state index contributed by atoms with van der Waals surface area (Å²) in [6.45, 7) is 6.10. The van der Waals surface area contributed by atoms with Crippen molar-refractivity contribution in [1.82, 2.24) is 0 Å². The monoisotopic (exact) mass is 618 g/mol. The minimum Gasteiger partial charge on any atom is -0.497 e. The number of hydrogen-bond acceptors (Lipinski definition) is 9. The van der Waals surface area contributed by atoms with Crippen molar-refractivity contribution in [1.29, 1.82) is 0 Å². The molecule has 0 aliphatic carbocycles. The second-order valence-electron chi connectivity index (χ2n) is 10.6. The van der Waals surface area contributed by atoms with E-state index in [1.165, 1.54) is 0 Å². The Hall–Kier alpha value is -4.18. The number of benzene rings is 4.